The summed E-state index contributed by atoms with van der Waals surface area (Å²) in [5, 5.41) is 2.87. The van der Waals surface area contributed by atoms with Gasteiger partial charge < -0.3 is 14.8 Å². The molecule has 2 aromatic heterocycles. The Labute approximate surface area is 160 Å². The lowest BCUT2D eigenvalue weighted by Crippen LogP contribution is -2.38. The van der Waals surface area contributed by atoms with Crippen LogP contribution in [0.5, 0.6) is 11.5 Å². The molecule has 1 N–H and O–H groups in total. The van der Waals surface area contributed by atoms with Gasteiger partial charge in [0.05, 0.1) is 12.8 Å². The predicted molar refractivity (Wildman–Crippen MR) is 104 cm³/mol. The molecule has 0 aliphatic carbocycles. The number of methoxy groups -OCH3 is 1. The van der Waals surface area contributed by atoms with Crippen LogP contribution in [0, 0.1) is 6.92 Å². The molecule has 1 aromatic carbocycles. The minimum Gasteiger partial charge on any atom is -0.497 e. The fraction of sp³-hybridized carbons (Fsp3) is 0.263. The maximum Gasteiger partial charge on any atom is 0.332 e. The van der Waals surface area contributed by atoms with E-state index >= 15 is 0 Å². The molecule has 0 saturated carbocycles. The Morgan fingerprint density at radius 2 is 1.89 bits per heavy atom. The number of ether oxygens (including phenoxy) is 2. The summed E-state index contributed by atoms with van der Waals surface area (Å²) in [6.45, 7) is 1.46. The predicted octanol–water partition coefficient (Wildman–Crippen LogP) is 0.967. The Balaban J connectivity index is 1.91. The standard InChI is InChI=1S/C19H20N4O5/c1-11-9-20-17-15(18(25)23(3)19(26)22(17)2)16(11)21-14(24)10-28-13-7-5-6-12(8-13)27-4/h5-9H,10H2,1-4H3,(H,20,21,24). The number of nitrogens with zero attached hydrogens (tertiary/aromatic N) is 3. The number of benzene rings is 1. The molecule has 0 bridgehead atoms. The van der Waals surface area contributed by atoms with Crippen molar-refractivity contribution in [3.63, 3.8) is 0 Å². The number of aromatic nitrogens is 3. The second kappa shape index (κ2) is 7.55. The number of hydrogen-bond donors (Lipinski definition) is 1. The van der Waals surface area contributed by atoms with Crippen molar-refractivity contribution >= 4 is 22.6 Å². The van der Waals surface area contributed by atoms with Crippen LogP contribution in [0.2, 0.25) is 0 Å². The zero-order valence-electron chi connectivity index (χ0n) is 16.0. The van der Waals surface area contributed by atoms with Crippen LogP contribution >= 0.6 is 0 Å². The molecule has 0 radical (unpaired) electrons. The second-order valence-corrected chi connectivity index (χ2v) is 6.24. The molecule has 9 nitrogen and oxygen atoms in total. The molecule has 3 rings (SSSR count). The molecule has 2 heterocycles. The van der Waals surface area contributed by atoms with Gasteiger partial charge in [0.2, 0.25) is 0 Å². The zero-order chi connectivity index (χ0) is 20.4. The Hall–Kier alpha value is -3.62. The van der Waals surface area contributed by atoms with Gasteiger partial charge in [-0.1, -0.05) is 6.07 Å². The summed E-state index contributed by atoms with van der Waals surface area (Å²) in [7, 11) is 4.44. The number of fused-ring (bicyclic) bond motifs is 1. The summed E-state index contributed by atoms with van der Waals surface area (Å²) in [6, 6.07) is 6.87. The largest absolute Gasteiger partial charge is 0.497 e. The third-order valence-electron chi connectivity index (χ3n) is 4.33. The Morgan fingerprint density at radius 1 is 1.18 bits per heavy atom. The fourth-order valence-electron chi connectivity index (χ4n) is 2.80. The molecule has 0 aliphatic rings. The quantitative estimate of drug-likeness (QED) is 0.703. The van der Waals surface area contributed by atoms with Gasteiger partial charge in [-0.15, -0.1) is 0 Å². The van der Waals surface area contributed by atoms with Gasteiger partial charge in [0.25, 0.3) is 11.5 Å². The number of amides is 1. The molecule has 146 valence electrons. The Morgan fingerprint density at radius 3 is 2.61 bits per heavy atom. The van der Waals surface area contributed by atoms with Crippen molar-refractivity contribution < 1.29 is 14.3 Å². The first-order chi connectivity index (χ1) is 13.3. The van der Waals surface area contributed by atoms with Crippen molar-refractivity contribution in [1.82, 2.24) is 14.1 Å². The van der Waals surface area contributed by atoms with Crippen molar-refractivity contribution in [3.05, 3.63) is 56.9 Å². The lowest BCUT2D eigenvalue weighted by atomic mass is 10.2. The summed E-state index contributed by atoms with van der Waals surface area (Å²) in [6.07, 6.45) is 1.50. The summed E-state index contributed by atoms with van der Waals surface area (Å²) < 4.78 is 12.8. The normalized spacial score (nSPS) is 10.7. The maximum atomic E-state index is 12.6. The molecule has 9 heteroatoms. The fourth-order valence-corrected chi connectivity index (χ4v) is 2.80. The molecule has 0 atom stereocenters. The number of anilines is 1. The number of aryl methyl sites for hydroxylation is 2. The molecule has 0 fully saturated rings. The molecule has 0 saturated heterocycles. The average molecular weight is 384 g/mol. The number of pyridine rings is 1. The van der Waals surface area contributed by atoms with Crippen molar-refractivity contribution in [1.29, 1.82) is 0 Å². The molecule has 0 aliphatic heterocycles. The number of carbonyl (C=O) groups is 1. The van der Waals surface area contributed by atoms with E-state index in [0.29, 0.717) is 22.7 Å². The SMILES string of the molecule is COc1cccc(OCC(=O)Nc2c(C)cnc3c2c(=O)n(C)c(=O)n3C)c1. The molecular formula is C19H20N4O5. The minimum absolute atomic E-state index is 0.166. The summed E-state index contributed by atoms with van der Waals surface area (Å²) in [4.78, 5) is 41.3. The molecular weight excluding hydrogens is 364 g/mol. The smallest absolute Gasteiger partial charge is 0.332 e. The van der Waals surface area contributed by atoms with Crippen LogP contribution in [0.3, 0.4) is 0 Å². The van der Waals surface area contributed by atoms with Crippen molar-refractivity contribution in [2.24, 2.45) is 14.1 Å². The van der Waals surface area contributed by atoms with Crippen LogP contribution in [-0.2, 0) is 18.9 Å². The topological polar surface area (TPSA) is 104 Å². The second-order valence-electron chi connectivity index (χ2n) is 6.24. The summed E-state index contributed by atoms with van der Waals surface area (Å²) >= 11 is 0. The van der Waals surface area contributed by atoms with E-state index in [1.54, 1.807) is 31.2 Å². The first kappa shape index (κ1) is 19.2. The third-order valence-corrected chi connectivity index (χ3v) is 4.33. The molecule has 0 unspecified atom stereocenters. The highest BCUT2D eigenvalue weighted by molar-refractivity contribution is 6.01. The van der Waals surface area contributed by atoms with Crippen LogP contribution in [0.1, 0.15) is 5.56 Å². The molecule has 28 heavy (non-hydrogen) atoms. The van der Waals surface area contributed by atoms with Crippen LogP contribution in [0.25, 0.3) is 11.0 Å². The number of rotatable bonds is 5. The third kappa shape index (κ3) is 3.46. The van der Waals surface area contributed by atoms with Gasteiger partial charge in [-0.2, -0.15) is 0 Å². The van der Waals surface area contributed by atoms with E-state index in [0.717, 1.165) is 4.57 Å². The van der Waals surface area contributed by atoms with Gasteiger partial charge in [0, 0.05) is 26.4 Å². The van der Waals surface area contributed by atoms with E-state index < -0.39 is 17.2 Å². The molecule has 0 spiro atoms. The highest BCUT2D eigenvalue weighted by Crippen LogP contribution is 2.22. The van der Waals surface area contributed by atoms with Gasteiger partial charge in [-0.25, -0.2) is 9.78 Å². The van der Waals surface area contributed by atoms with Gasteiger partial charge in [-0.05, 0) is 24.6 Å². The number of nitrogens with one attached hydrogen (secondary N) is 1. The average Bonchev–Trinajstić information content (AvgIpc) is 2.70. The summed E-state index contributed by atoms with van der Waals surface area (Å²) in [5.41, 5.74) is 0.0759. The van der Waals surface area contributed by atoms with Crippen LogP contribution in [-0.4, -0.2) is 33.7 Å². The van der Waals surface area contributed by atoms with E-state index in [9.17, 15) is 14.4 Å². The first-order valence-corrected chi connectivity index (χ1v) is 8.45. The lowest BCUT2D eigenvalue weighted by Gasteiger charge is -2.14. The monoisotopic (exact) mass is 384 g/mol. The van der Waals surface area contributed by atoms with Crippen molar-refractivity contribution in [2.75, 3.05) is 19.0 Å². The lowest BCUT2D eigenvalue weighted by molar-refractivity contribution is -0.118. The van der Waals surface area contributed by atoms with E-state index in [1.165, 1.54) is 32.0 Å². The van der Waals surface area contributed by atoms with Crippen LogP contribution in [0.15, 0.2) is 40.1 Å². The van der Waals surface area contributed by atoms with E-state index in [-0.39, 0.29) is 17.6 Å². The van der Waals surface area contributed by atoms with Gasteiger partial charge in [-0.3, -0.25) is 18.7 Å². The van der Waals surface area contributed by atoms with Gasteiger partial charge in [0.15, 0.2) is 12.3 Å². The van der Waals surface area contributed by atoms with E-state index in [4.69, 9.17) is 9.47 Å². The molecule has 3 aromatic rings. The Kier molecular flexibility index (Phi) is 5.16. The zero-order valence-corrected chi connectivity index (χ0v) is 16.0. The van der Waals surface area contributed by atoms with Gasteiger partial charge in [0.1, 0.15) is 16.9 Å². The van der Waals surface area contributed by atoms with Crippen molar-refractivity contribution in [3.8, 4) is 11.5 Å². The first-order valence-electron chi connectivity index (χ1n) is 8.45. The molecule has 1 amide bonds. The van der Waals surface area contributed by atoms with E-state index in [2.05, 4.69) is 10.3 Å². The van der Waals surface area contributed by atoms with Crippen LogP contribution in [0.4, 0.5) is 5.69 Å². The number of hydrogen-bond acceptors (Lipinski definition) is 6. The maximum absolute atomic E-state index is 12.6. The van der Waals surface area contributed by atoms with Crippen molar-refractivity contribution in [2.45, 2.75) is 6.92 Å². The number of carbonyl (C=O) groups excluding carboxylic acids is 1. The summed E-state index contributed by atoms with van der Waals surface area (Å²) in [5.74, 6) is 0.636. The van der Waals surface area contributed by atoms with E-state index in [1.807, 2.05) is 0 Å². The van der Waals surface area contributed by atoms with Gasteiger partial charge >= 0.3 is 5.69 Å². The highest BCUT2D eigenvalue weighted by Gasteiger charge is 2.17. The van der Waals surface area contributed by atoms with Crippen LogP contribution < -0.4 is 26.0 Å². The highest BCUT2D eigenvalue weighted by atomic mass is 16.5. The Bertz CT molecular complexity index is 1180. The minimum atomic E-state index is -0.529.